The van der Waals surface area contributed by atoms with Gasteiger partial charge in [0.15, 0.2) is 0 Å². The number of phenols is 1. The summed E-state index contributed by atoms with van der Waals surface area (Å²) in [6.45, 7) is 0.395. The number of phenolic OH excluding ortho intramolecular Hbond substituents is 1. The van der Waals surface area contributed by atoms with Gasteiger partial charge in [-0.25, -0.2) is 9.37 Å². The molecule has 4 rings (SSSR count). The summed E-state index contributed by atoms with van der Waals surface area (Å²) in [5.41, 5.74) is 2.96. The van der Waals surface area contributed by atoms with Gasteiger partial charge in [0.05, 0.1) is 5.69 Å². The summed E-state index contributed by atoms with van der Waals surface area (Å²) in [5, 5.41) is 10.4. The molecule has 20 heavy (non-hydrogen) atoms. The molecule has 0 amide bonds. The van der Waals surface area contributed by atoms with Gasteiger partial charge in [-0.05, 0) is 24.3 Å². The van der Waals surface area contributed by atoms with E-state index in [9.17, 15) is 9.50 Å². The highest BCUT2D eigenvalue weighted by Crippen LogP contribution is 2.38. The van der Waals surface area contributed by atoms with E-state index < -0.39 is 5.82 Å². The van der Waals surface area contributed by atoms with E-state index in [0.717, 1.165) is 28.6 Å². The zero-order valence-electron chi connectivity index (χ0n) is 10.4. The van der Waals surface area contributed by atoms with Gasteiger partial charge in [-0.3, -0.25) is 0 Å². The summed E-state index contributed by atoms with van der Waals surface area (Å²) in [6.07, 6.45) is 0. The Labute approximate surface area is 114 Å². The average molecular weight is 267 g/mol. The molecular formula is C16H10FNO2. The number of benzene rings is 2. The van der Waals surface area contributed by atoms with Crippen molar-refractivity contribution in [2.75, 3.05) is 0 Å². The fraction of sp³-hybridized carbons (Fsp3) is 0.0625. The van der Waals surface area contributed by atoms with E-state index in [1.165, 1.54) is 6.07 Å². The van der Waals surface area contributed by atoms with Crippen LogP contribution in [-0.2, 0) is 6.61 Å². The lowest BCUT2D eigenvalue weighted by Gasteiger charge is -2.20. The van der Waals surface area contributed by atoms with Crippen molar-refractivity contribution in [3.8, 4) is 22.8 Å². The van der Waals surface area contributed by atoms with Crippen LogP contribution in [0.15, 0.2) is 42.5 Å². The Balaban J connectivity index is 2.06. The zero-order valence-corrected chi connectivity index (χ0v) is 10.4. The van der Waals surface area contributed by atoms with Gasteiger partial charge >= 0.3 is 0 Å². The first-order chi connectivity index (χ1) is 9.72. The Hall–Kier alpha value is -2.62. The van der Waals surface area contributed by atoms with E-state index in [2.05, 4.69) is 4.98 Å². The molecule has 1 aromatic heterocycles. The van der Waals surface area contributed by atoms with Crippen molar-refractivity contribution in [2.45, 2.75) is 6.61 Å². The van der Waals surface area contributed by atoms with Crippen molar-refractivity contribution in [3.05, 3.63) is 53.8 Å². The number of aromatic hydroxyl groups is 1. The van der Waals surface area contributed by atoms with Crippen molar-refractivity contribution >= 4 is 10.9 Å². The number of para-hydroxylation sites is 1. The van der Waals surface area contributed by atoms with E-state index >= 15 is 0 Å². The second kappa shape index (κ2) is 3.93. The molecule has 0 fully saturated rings. The van der Waals surface area contributed by atoms with E-state index in [0.29, 0.717) is 17.5 Å². The molecule has 1 N–H and O–H groups in total. The first kappa shape index (κ1) is 11.2. The van der Waals surface area contributed by atoms with Crippen LogP contribution < -0.4 is 4.74 Å². The Morgan fingerprint density at radius 2 is 2.00 bits per heavy atom. The number of rotatable bonds is 0. The van der Waals surface area contributed by atoms with Crippen molar-refractivity contribution < 1.29 is 14.2 Å². The van der Waals surface area contributed by atoms with Crippen LogP contribution >= 0.6 is 0 Å². The first-order valence-electron chi connectivity index (χ1n) is 6.27. The summed E-state index contributed by atoms with van der Waals surface area (Å²) in [7, 11) is 0. The number of fused-ring (bicyclic) bond motifs is 4. The van der Waals surface area contributed by atoms with E-state index in [4.69, 9.17) is 4.74 Å². The molecule has 0 atom stereocenters. The fourth-order valence-electron chi connectivity index (χ4n) is 2.56. The largest absolute Gasteiger partial charge is 0.506 e. The van der Waals surface area contributed by atoms with Crippen molar-refractivity contribution in [2.24, 2.45) is 0 Å². The lowest BCUT2D eigenvalue weighted by Crippen LogP contribution is -2.07. The highest BCUT2D eigenvalue weighted by atomic mass is 19.1. The van der Waals surface area contributed by atoms with Gasteiger partial charge < -0.3 is 9.84 Å². The third kappa shape index (κ3) is 1.54. The van der Waals surface area contributed by atoms with Crippen LogP contribution in [0.25, 0.3) is 22.2 Å². The molecule has 1 aliphatic rings. The highest BCUT2D eigenvalue weighted by Gasteiger charge is 2.20. The molecule has 2 aromatic carbocycles. The van der Waals surface area contributed by atoms with Crippen molar-refractivity contribution in [1.82, 2.24) is 4.98 Å². The minimum absolute atomic E-state index is 0.147. The Bertz CT molecular complexity index is 845. The van der Waals surface area contributed by atoms with Crippen LogP contribution in [-0.4, -0.2) is 10.1 Å². The number of nitrogens with zero attached hydrogens (tertiary/aromatic N) is 1. The fourth-order valence-corrected chi connectivity index (χ4v) is 2.56. The Kier molecular flexibility index (Phi) is 2.21. The number of aromatic nitrogens is 1. The molecular weight excluding hydrogens is 257 g/mol. The second-order valence-electron chi connectivity index (χ2n) is 4.78. The van der Waals surface area contributed by atoms with Crippen LogP contribution in [0.4, 0.5) is 4.39 Å². The van der Waals surface area contributed by atoms with Gasteiger partial charge in [-0.2, -0.15) is 0 Å². The van der Waals surface area contributed by atoms with Crippen LogP contribution in [0, 0.1) is 5.82 Å². The smallest absolute Gasteiger partial charge is 0.144 e. The SMILES string of the molecule is Oc1cc(F)cc2cc3c(nc12)-c1ccccc1OC3. The summed E-state index contributed by atoms with van der Waals surface area (Å²) < 4.78 is 19.0. The molecule has 0 saturated heterocycles. The van der Waals surface area contributed by atoms with Crippen molar-refractivity contribution in [1.29, 1.82) is 0 Å². The first-order valence-corrected chi connectivity index (χ1v) is 6.27. The van der Waals surface area contributed by atoms with Gasteiger partial charge in [-0.15, -0.1) is 0 Å². The molecule has 0 radical (unpaired) electrons. The second-order valence-corrected chi connectivity index (χ2v) is 4.78. The standard InChI is InChI=1S/C16H10FNO2/c17-11-6-9-5-10-8-20-14-4-2-1-3-12(14)15(10)18-16(9)13(19)7-11/h1-7,19H,8H2. The van der Waals surface area contributed by atoms with E-state index in [1.807, 2.05) is 30.3 Å². The normalized spacial score (nSPS) is 12.7. The molecule has 3 nitrogen and oxygen atoms in total. The molecule has 3 aromatic rings. The molecule has 0 spiro atoms. The molecule has 2 heterocycles. The van der Waals surface area contributed by atoms with E-state index in [1.54, 1.807) is 0 Å². The van der Waals surface area contributed by atoms with Gasteiger partial charge in [0.1, 0.15) is 29.4 Å². The topological polar surface area (TPSA) is 42.4 Å². The maximum atomic E-state index is 13.3. The molecule has 98 valence electrons. The van der Waals surface area contributed by atoms with E-state index in [-0.39, 0.29) is 5.75 Å². The maximum absolute atomic E-state index is 13.3. The van der Waals surface area contributed by atoms with Crippen molar-refractivity contribution in [3.63, 3.8) is 0 Å². The Morgan fingerprint density at radius 1 is 1.15 bits per heavy atom. The predicted molar refractivity (Wildman–Crippen MR) is 73.1 cm³/mol. The van der Waals surface area contributed by atoms with Crippen LogP contribution in [0.2, 0.25) is 0 Å². The summed E-state index contributed by atoms with van der Waals surface area (Å²) in [6, 6.07) is 11.9. The molecule has 1 aliphatic heterocycles. The van der Waals surface area contributed by atoms with Crippen LogP contribution in [0.3, 0.4) is 0 Å². The number of hydrogen-bond donors (Lipinski definition) is 1. The maximum Gasteiger partial charge on any atom is 0.144 e. The third-order valence-electron chi connectivity index (χ3n) is 3.47. The third-order valence-corrected chi connectivity index (χ3v) is 3.47. The van der Waals surface area contributed by atoms with Gasteiger partial charge in [-0.1, -0.05) is 12.1 Å². The monoisotopic (exact) mass is 267 g/mol. The molecule has 0 bridgehead atoms. The quantitative estimate of drug-likeness (QED) is 0.676. The summed E-state index contributed by atoms with van der Waals surface area (Å²) >= 11 is 0. The molecule has 4 heteroatoms. The number of pyridine rings is 1. The summed E-state index contributed by atoms with van der Waals surface area (Å²) in [4.78, 5) is 4.50. The average Bonchev–Trinajstić information content (AvgIpc) is 2.45. The molecule has 0 aliphatic carbocycles. The summed E-state index contributed by atoms with van der Waals surface area (Å²) in [5.74, 6) is 0.147. The van der Waals surface area contributed by atoms with Gasteiger partial charge in [0.25, 0.3) is 0 Å². The highest BCUT2D eigenvalue weighted by molar-refractivity contribution is 5.89. The van der Waals surface area contributed by atoms with Gasteiger partial charge in [0.2, 0.25) is 0 Å². The Morgan fingerprint density at radius 3 is 2.90 bits per heavy atom. The minimum Gasteiger partial charge on any atom is -0.506 e. The zero-order chi connectivity index (χ0) is 13.7. The lowest BCUT2D eigenvalue weighted by molar-refractivity contribution is 0.301. The number of hydrogen-bond acceptors (Lipinski definition) is 3. The minimum atomic E-state index is -0.478. The predicted octanol–water partition coefficient (Wildman–Crippen LogP) is 3.64. The number of ether oxygens (including phenoxy) is 1. The number of halogens is 1. The molecule has 0 unspecified atom stereocenters. The lowest BCUT2D eigenvalue weighted by atomic mass is 10.0. The van der Waals surface area contributed by atoms with Crippen LogP contribution in [0.5, 0.6) is 11.5 Å². The van der Waals surface area contributed by atoms with Crippen LogP contribution in [0.1, 0.15) is 5.56 Å². The molecule has 0 saturated carbocycles. The van der Waals surface area contributed by atoms with Gasteiger partial charge in [0, 0.05) is 22.6 Å².